The normalized spacial score (nSPS) is 10.1. The van der Waals surface area contributed by atoms with Crippen LogP contribution in [-0.4, -0.2) is 30.8 Å². The van der Waals surface area contributed by atoms with E-state index in [1.54, 1.807) is 5.01 Å². The smallest absolute Gasteiger partial charge is 0.293 e. The van der Waals surface area contributed by atoms with Gasteiger partial charge in [-0.3, -0.25) is 9.80 Å². The second-order valence-corrected chi connectivity index (χ2v) is 3.52. The van der Waals surface area contributed by atoms with Gasteiger partial charge in [0.2, 0.25) is 0 Å². The summed E-state index contributed by atoms with van der Waals surface area (Å²) in [4.78, 5) is 9.60. The number of rotatable bonds is 3. The van der Waals surface area contributed by atoms with E-state index in [2.05, 4.69) is 16.6 Å². The van der Waals surface area contributed by atoms with Crippen molar-refractivity contribution < 1.29 is 9.53 Å². The average molecular weight is 200 g/mol. The Labute approximate surface area is 86.2 Å². The highest BCUT2D eigenvalue weighted by Crippen LogP contribution is 2.02. The van der Waals surface area contributed by atoms with Gasteiger partial charge in [-0.05, 0) is 27.7 Å². The van der Waals surface area contributed by atoms with Crippen LogP contribution in [0.25, 0.3) is 0 Å². The summed E-state index contributed by atoms with van der Waals surface area (Å²) in [6.07, 6.45) is 3.72. The van der Waals surface area contributed by atoms with Crippen LogP contribution in [0.15, 0.2) is 17.4 Å². The Morgan fingerprint density at radius 2 is 1.93 bits per heavy atom. The SMILES string of the molecule is C=NN(C)/C=C\C.CC(C)(C)OC=O. The minimum atomic E-state index is -0.318. The van der Waals surface area contributed by atoms with Crippen LogP contribution in [0.4, 0.5) is 0 Å². The third-order valence-electron chi connectivity index (χ3n) is 0.990. The van der Waals surface area contributed by atoms with E-state index in [1.807, 2.05) is 47.0 Å². The Bertz CT molecular complexity index is 183. The standard InChI is InChI=1S/C5H10N2.C5H10O2/c1-4-5-7(3)6-2;1-5(2,3)7-4-6/h4-5H,2H2,1,3H3;4H,1-3H3/b5-4-;. The molecular weight excluding hydrogens is 180 g/mol. The zero-order valence-corrected chi connectivity index (χ0v) is 9.65. The first-order chi connectivity index (χ1) is 6.37. The molecule has 0 saturated heterocycles. The van der Waals surface area contributed by atoms with Crippen LogP contribution in [0.3, 0.4) is 0 Å². The monoisotopic (exact) mass is 200 g/mol. The van der Waals surface area contributed by atoms with E-state index in [0.717, 1.165) is 0 Å². The van der Waals surface area contributed by atoms with Gasteiger partial charge < -0.3 is 4.74 Å². The summed E-state index contributed by atoms with van der Waals surface area (Å²) in [5.41, 5.74) is -0.318. The molecule has 0 aliphatic heterocycles. The molecule has 0 aliphatic rings. The van der Waals surface area contributed by atoms with Crippen LogP contribution in [-0.2, 0) is 9.53 Å². The van der Waals surface area contributed by atoms with Crippen molar-refractivity contribution in [1.82, 2.24) is 5.01 Å². The lowest BCUT2D eigenvalue weighted by molar-refractivity contribution is -0.138. The lowest BCUT2D eigenvalue weighted by Gasteiger charge is -2.14. The molecule has 0 radical (unpaired) electrons. The fourth-order valence-corrected chi connectivity index (χ4v) is 0.407. The maximum absolute atomic E-state index is 9.60. The zero-order valence-electron chi connectivity index (χ0n) is 9.65. The Hall–Kier alpha value is -1.32. The van der Waals surface area contributed by atoms with Crippen molar-refractivity contribution in [3.63, 3.8) is 0 Å². The van der Waals surface area contributed by atoms with Crippen LogP contribution >= 0.6 is 0 Å². The summed E-state index contributed by atoms with van der Waals surface area (Å²) in [6, 6.07) is 0. The van der Waals surface area contributed by atoms with E-state index in [9.17, 15) is 4.79 Å². The molecule has 0 atom stereocenters. The van der Waals surface area contributed by atoms with E-state index >= 15 is 0 Å². The summed E-state index contributed by atoms with van der Waals surface area (Å²) in [5, 5.41) is 5.21. The molecule has 0 aliphatic carbocycles. The molecule has 0 N–H and O–H groups in total. The molecule has 14 heavy (non-hydrogen) atoms. The first-order valence-corrected chi connectivity index (χ1v) is 4.31. The molecule has 0 heterocycles. The number of hydrogen-bond acceptors (Lipinski definition) is 4. The summed E-state index contributed by atoms with van der Waals surface area (Å²) in [7, 11) is 1.83. The number of allylic oxidation sites excluding steroid dienone is 1. The van der Waals surface area contributed by atoms with E-state index in [-0.39, 0.29) is 5.60 Å². The van der Waals surface area contributed by atoms with Crippen molar-refractivity contribution in [3.8, 4) is 0 Å². The van der Waals surface area contributed by atoms with Gasteiger partial charge in [0.05, 0.1) is 0 Å². The van der Waals surface area contributed by atoms with E-state index in [4.69, 9.17) is 0 Å². The number of carbonyl (C=O) groups is 1. The van der Waals surface area contributed by atoms with E-state index in [1.165, 1.54) is 0 Å². The molecular formula is C10H20N2O2. The van der Waals surface area contributed by atoms with Crippen molar-refractivity contribution in [3.05, 3.63) is 12.3 Å². The molecule has 4 heteroatoms. The Morgan fingerprint density at radius 3 is 2.00 bits per heavy atom. The predicted octanol–water partition coefficient (Wildman–Crippen LogP) is 2.03. The first-order valence-electron chi connectivity index (χ1n) is 4.31. The minimum Gasteiger partial charge on any atom is -0.462 e. The molecule has 0 rings (SSSR count). The molecule has 0 aromatic carbocycles. The first kappa shape index (κ1) is 15.2. The molecule has 0 saturated carbocycles. The highest BCUT2D eigenvalue weighted by atomic mass is 16.5. The molecule has 0 spiro atoms. The molecule has 82 valence electrons. The number of hydrazone groups is 1. The second-order valence-electron chi connectivity index (χ2n) is 3.52. The molecule has 0 aromatic heterocycles. The third-order valence-corrected chi connectivity index (χ3v) is 0.990. The molecule has 0 unspecified atom stereocenters. The molecule has 0 amide bonds. The van der Waals surface area contributed by atoms with Crippen LogP contribution in [0.1, 0.15) is 27.7 Å². The molecule has 4 nitrogen and oxygen atoms in total. The van der Waals surface area contributed by atoms with Gasteiger partial charge >= 0.3 is 0 Å². The van der Waals surface area contributed by atoms with Gasteiger partial charge in [0.25, 0.3) is 6.47 Å². The summed E-state index contributed by atoms with van der Waals surface area (Å²) in [5.74, 6) is 0. The lowest BCUT2D eigenvalue weighted by Crippen LogP contribution is -2.17. The third kappa shape index (κ3) is 17.0. The summed E-state index contributed by atoms with van der Waals surface area (Å²) in [6.45, 7) is 11.2. The van der Waals surface area contributed by atoms with E-state index in [0.29, 0.717) is 6.47 Å². The fraction of sp³-hybridized carbons (Fsp3) is 0.600. The van der Waals surface area contributed by atoms with Crippen LogP contribution in [0.5, 0.6) is 0 Å². The average Bonchev–Trinajstić information content (AvgIpc) is 2.03. The van der Waals surface area contributed by atoms with Crippen molar-refractivity contribution in [2.45, 2.75) is 33.3 Å². The van der Waals surface area contributed by atoms with Gasteiger partial charge in [-0.25, -0.2) is 0 Å². The minimum absolute atomic E-state index is 0.318. The van der Waals surface area contributed by atoms with Crippen LogP contribution in [0, 0.1) is 0 Å². The lowest BCUT2D eigenvalue weighted by atomic mass is 10.2. The van der Waals surface area contributed by atoms with Crippen molar-refractivity contribution in [2.75, 3.05) is 7.05 Å². The highest BCUT2D eigenvalue weighted by Gasteiger charge is 2.07. The molecule has 0 aromatic rings. The fourth-order valence-electron chi connectivity index (χ4n) is 0.407. The topological polar surface area (TPSA) is 41.9 Å². The Kier molecular flexibility index (Phi) is 8.98. The Balaban J connectivity index is 0. The van der Waals surface area contributed by atoms with Gasteiger partial charge in [-0.2, -0.15) is 5.10 Å². The molecule has 0 bridgehead atoms. The van der Waals surface area contributed by atoms with Gasteiger partial charge in [0, 0.05) is 20.0 Å². The highest BCUT2D eigenvalue weighted by molar-refractivity contribution is 5.37. The number of ether oxygens (including phenoxy) is 1. The number of hydrogen-bond donors (Lipinski definition) is 0. The van der Waals surface area contributed by atoms with Gasteiger partial charge in [0.15, 0.2) is 0 Å². The Morgan fingerprint density at radius 1 is 1.43 bits per heavy atom. The van der Waals surface area contributed by atoms with Crippen molar-refractivity contribution in [2.24, 2.45) is 5.10 Å². The van der Waals surface area contributed by atoms with Gasteiger partial charge in [-0.15, -0.1) is 0 Å². The number of nitrogens with zero attached hydrogens (tertiary/aromatic N) is 2. The van der Waals surface area contributed by atoms with Crippen LogP contribution in [0.2, 0.25) is 0 Å². The van der Waals surface area contributed by atoms with E-state index < -0.39 is 0 Å². The quantitative estimate of drug-likeness (QED) is 0.397. The maximum atomic E-state index is 9.60. The van der Waals surface area contributed by atoms with Gasteiger partial charge in [0.1, 0.15) is 5.60 Å². The maximum Gasteiger partial charge on any atom is 0.293 e. The molecule has 0 fully saturated rings. The summed E-state index contributed by atoms with van der Waals surface area (Å²) < 4.78 is 4.55. The summed E-state index contributed by atoms with van der Waals surface area (Å²) >= 11 is 0. The predicted molar refractivity (Wildman–Crippen MR) is 59.0 cm³/mol. The van der Waals surface area contributed by atoms with Gasteiger partial charge in [-0.1, -0.05) is 6.08 Å². The largest absolute Gasteiger partial charge is 0.462 e. The zero-order chi connectivity index (χ0) is 11.6. The van der Waals surface area contributed by atoms with Crippen molar-refractivity contribution >= 4 is 13.2 Å². The van der Waals surface area contributed by atoms with Crippen LogP contribution < -0.4 is 0 Å². The van der Waals surface area contributed by atoms with Crippen molar-refractivity contribution in [1.29, 1.82) is 0 Å². The number of carbonyl (C=O) groups excluding carboxylic acids is 1. The second kappa shape index (κ2) is 8.29.